The van der Waals surface area contributed by atoms with Crippen molar-refractivity contribution in [3.05, 3.63) is 12.2 Å². The molecule has 0 aromatic carbocycles. The number of rotatable bonds is 7. The van der Waals surface area contributed by atoms with Crippen LogP contribution >= 0.6 is 0 Å². The fourth-order valence-electron chi connectivity index (χ4n) is 2.89. The number of hydrogen-bond donors (Lipinski definition) is 1. The predicted molar refractivity (Wildman–Crippen MR) is 76.0 cm³/mol. The van der Waals surface area contributed by atoms with Crippen molar-refractivity contribution >= 4 is 0 Å². The van der Waals surface area contributed by atoms with Crippen LogP contribution in [0.2, 0.25) is 0 Å². The zero-order valence-corrected chi connectivity index (χ0v) is 12.0. The van der Waals surface area contributed by atoms with Crippen molar-refractivity contribution in [2.75, 3.05) is 13.1 Å². The summed E-state index contributed by atoms with van der Waals surface area (Å²) in [5.74, 6) is 1.42. The van der Waals surface area contributed by atoms with Gasteiger partial charge >= 0.3 is 0 Å². The molecule has 0 saturated heterocycles. The van der Waals surface area contributed by atoms with Gasteiger partial charge in [-0.15, -0.1) is 0 Å². The van der Waals surface area contributed by atoms with Gasteiger partial charge in [-0.05, 0) is 31.1 Å². The van der Waals surface area contributed by atoms with Gasteiger partial charge in [0.05, 0.1) is 0 Å². The minimum Gasteiger partial charge on any atom is -0.324 e. The molecular weight excluding hydrogens is 208 g/mol. The van der Waals surface area contributed by atoms with Crippen molar-refractivity contribution in [1.82, 2.24) is 4.90 Å². The first-order valence-corrected chi connectivity index (χ1v) is 7.24. The zero-order chi connectivity index (χ0) is 12.8. The standard InChI is InChI=1S/C15H30N2/c1-5-15(6-2)17(10-12(3)4)11-13-7-8-14(16)9-13/h7-8,12-15H,5-6,9-11,16H2,1-4H3. The molecule has 2 heteroatoms. The molecule has 1 aliphatic rings. The van der Waals surface area contributed by atoms with Crippen LogP contribution in [0.5, 0.6) is 0 Å². The van der Waals surface area contributed by atoms with Gasteiger partial charge in [0.2, 0.25) is 0 Å². The number of nitrogens with two attached hydrogens (primary N) is 1. The van der Waals surface area contributed by atoms with Gasteiger partial charge in [-0.2, -0.15) is 0 Å². The molecule has 0 radical (unpaired) electrons. The highest BCUT2D eigenvalue weighted by Gasteiger charge is 2.22. The Labute approximate surface area is 107 Å². The maximum absolute atomic E-state index is 5.94. The summed E-state index contributed by atoms with van der Waals surface area (Å²) in [5.41, 5.74) is 5.94. The quantitative estimate of drug-likeness (QED) is 0.691. The molecule has 1 rings (SSSR count). The van der Waals surface area contributed by atoms with Gasteiger partial charge in [-0.1, -0.05) is 39.8 Å². The van der Waals surface area contributed by atoms with Crippen LogP contribution in [0.4, 0.5) is 0 Å². The Bertz CT molecular complexity index is 231. The van der Waals surface area contributed by atoms with Crippen molar-refractivity contribution in [1.29, 1.82) is 0 Å². The van der Waals surface area contributed by atoms with E-state index in [9.17, 15) is 0 Å². The van der Waals surface area contributed by atoms with Crippen LogP contribution in [0.15, 0.2) is 12.2 Å². The lowest BCUT2D eigenvalue weighted by Gasteiger charge is -2.33. The first-order valence-electron chi connectivity index (χ1n) is 7.24. The van der Waals surface area contributed by atoms with Crippen molar-refractivity contribution in [3.8, 4) is 0 Å². The SMILES string of the molecule is CCC(CC)N(CC(C)C)CC1C=CC(N)C1. The third-order valence-corrected chi connectivity index (χ3v) is 3.73. The van der Waals surface area contributed by atoms with Gasteiger partial charge in [-0.3, -0.25) is 4.90 Å². The Morgan fingerprint density at radius 3 is 2.29 bits per heavy atom. The summed E-state index contributed by atoms with van der Waals surface area (Å²) in [6.07, 6.45) is 8.14. The van der Waals surface area contributed by atoms with Crippen LogP contribution in [0.1, 0.15) is 47.0 Å². The molecular formula is C15H30N2. The molecule has 0 fully saturated rings. The highest BCUT2D eigenvalue weighted by Crippen LogP contribution is 2.21. The van der Waals surface area contributed by atoms with Gasteiger partial charge in [-0.25, -0.2) is 0 Å². The molecule has 17 heavy (non-hydrogen) atoms. The molecule has 2 nitrogen and oxygen atoms in total. The largest absolute Gasteiger partial charge is 0.324 e. The molecule has 1 aliphatic carbocycles. The van der Waals surface area contributed by atoms with E-state index in [1.165, 1.54) is 25.9 Å². The lowest BCUT2D eigenvalue weighted by atomic mass is 10.0. The van der Waals surface area contributed by atoms with E-state index in [2.05, 4.69) is 44.7 Å². The van der Waals surface area contributed by atoms with E-state index < -0.39 is 0 Å². The molecule has 0 heterocycles. The molecule has 0 amide bonds. The lowest BCUT2D eigenvalue weighted by Crippen LogP contribution is -2.40. The maximum Gasteiger partial charge on any atom is 0.0229 e. The highest BCUT2D eigenvalue weighted by molar-refractivity contribution is 5.05. The van der Waals surface area contributed by atoms with Crippen LogP contribution in [0.25, 0.3) is 0 Å². The molecule has 0 saturated carbocycles. The molecule has 0 spiro atoms. The van der Waals surface area contributed by atoms with Gasteiger partial charge < -0.3 is 5.73 Å². The van der Waals surface area contributed by atoms with Gasteiger partial charge in [0.25, 0.3) is 0 Å². The molecule has 2 atom stereocenters. The van der Waals surface area contributed by atoms with E-state index in [1.807, 2.05) is 0 Å². The van der Waals surface area contributed by atoms with Gasteiger partial charge in [0.1, 0.15) is 0 Å². The lowest BCUT2D eigenvalue weighted by molar-refractivity contribution is 0.149. The fraction of sp³-hybridized carbons (Fsp3) is 0.867. The van der Waals surface area contributed by atoms with Gasteiger partial charge in [0, 0.05) is 25.2 Å². The second kappa shape index (κ2) is 7.17. The van der Waals surface area contributed by atoms with Crippen molar-refractivity contribution in [3.63, 3.8) is 0 Å². The monoisotopic (exact) mass is 238 g/mol. The van der Waals surface area contributed by atoms with E-state index in [1.54, 1.807) is 0 Å². The normalized spacial score (nSPS) is 24.5. The molecule has 0 aromatic rings. The van der Waals surface area contributed by atoms with Crippen LogP contribution < -0.4 is 5.73 Å². The van der Waals surface area contributed by atoms with Crippen LogP contribution in [-0.2, 0) is 0 Å². The second-order valence-corrected chi connectivity index (χ2v) is 5.86. The van der Waals surface area contributed by atoms with E-state index in [4.69, 9.17) is 5.73 Å². The third kappa shape index (κ3) is 4.81. The zero-order valence-electron chi connectivity index (χ0n) is 12.0. The first-order chi connectivity index (χ1) is 8.06. The Morgan fingerprint density at radius 2 is 1.88 bits per heavy atom. The molecule has 0 bridgehead atoms. The summed E-state index contributed by atoms with van der Waals surface area (Å²) in [7, 11) is 0. The third-order valence-electron chi connectivity index (χ3n) is 3.73. The smallest absolute Gasteiger partial charge is 0.0229 e. The van der Waals surface area contributed by atoms with E-state index in [0.717, 1.165) is 18.4 Å². The summed E-state index contributed by atoms with van der Waals surface area (Å²) in [6, 6.07) is 1.03. The number of nitrogens with zero attached hydrogens (tertiary/aromatic N) is 1. The minimum atomic E-state index is 0.294. The van der Waals surface area contributed by atoms with E-state index in [-0.39, 0.29) is 0 Å². The average Bonchev–Trinajstić information content (AvgIpc) is 2.65. The summed E-state index contributed by atoms with van der Waals surface area (Å²) >= 11 is 0. The Kier molecular flexibility index (Phi) is 6.21. The minimum absolute atomic E-state index is 0.294. The Balaban J connectivity index is 2.53. The van der Waals surface area contributed by atoms with Crippen molar-refractivity contribution in [2.24, 2.45) is 17.6 Å². The predicted octanol–water partition coefficient (Wildman–Crippen LogP) is 3.04. The van der Waals surface area contributed by atoms with Crippen LogP contribution in [-0.4, -0.2) is 30.1 Å². The van der Waals surface area contributed by atoms with Crippen LogP contribution in [0.3, 0.4) is 0 Å². The first kappa shape index (κ1) is 14.7. The molecule has 0 aromatic heterocycles. The summed E-state index contributed by atoms with van der Waals surface area (Å²) in [5, 5.41) is 0. The second-order valence-electron chi connectivity index (χ2n) is 5.86. The maximum atomic E-state index is 5.94. The summed E-state index contributed by atoms with van der Waals surface area (Å²) in [6.45, 7) is 11.6. The summed E-state index contributed by atoms with van der Waals surface area (Å²) in [4.78, 5) is 2.68. The highest BCUT2D eigenvalue weighted by atomic mass is 15.2. The molecule has 0 aliphatic heterocycles. The topological polar surface area (TPSA) is 29.3 Å². The summed E-state index contributed by atoms with van der Waals surface area (Å²) < 4.78 is 0. The van der Waals surface area contributed by atoms with Crippen molar-refractivity contribution in [2.45, 2.75) is 59.0 Å². The Hall–Kier alpha value is -0.340. The van der Waals surface area contributed by atoms with Crippen LogP contribution in [0, 0.1) is 11.8 Å². The Morgan fingerprint density at radius 1 is 1.24 bits per heavy atom. The van der Waals surface area contributed by atoms with Gasteiger partial charge in [0.15, 0.2) is 0 Å². The fourth-order valence-corrected chi connectivity index (χ4v) is 2.89. The van der Waals surface area contributed by atoms with E-state index in [0.29, 0.717) is 12.0 Å². The molecule has 100 valence electrons. The van der Waals surface area contributed by atoms with E-state index >= 15 is 0 Å². The number of hydrogen-bond acceptors (Lipinski definition) is 2. The molecule has 2 N–H and O–H groups in total. The van der Waals surface area contributed by atoms with Crippen molar-refractivity contribution < 1.29 is 0 Å². The average molecular weight is 238 g/mol. The molecule has 2 unspecified atom stereocenters.